The molecule has 1 saturated carbocycles. The first-order valence-corrected chi connectivity index (χ1v) is 8.74. The molecule has 2 fully saturated rings. The van der Waals surface area contributed by atoms with Crippen LogP contribution >= 0.6 is 0 Å². The highest BCUT2D eigenvalue weighted by Crippen LogP contribution is 2.46. The number of piperidine rings is 1. The Morgan fingerprint density at radius 1 is 1.46 bits per heavy atom. The van der Waals surface area contributed by atoms with Gasteiger partial charge >= 0.3 is 0 Å². The second-order valence-electron chi connectivity index (χ2n) is 7.36. The van der Waals surface area contributed by atoms with E-state index in [-0.39, 0.29) is 29.7 Å². The van der Waals surface area contributed by atoms with E-state index in [9.17, 15) is 9.59 Å². The Labute approximate surface area is 142 Å². The first-order valence-electron chi connectivity index (χ1n) is 8.74. The predicted molar refractivity (Wildman–Crippen MR) is 90.0 cm³/mol. The van der Waals surface area contributed by atoms with Gasteiger partial charge in [-0.25, -0.2) is 4.98 Å². The number of carbonyl (C=O) groups is 2. The second-order valence-corrected chi connectivity index (χ2v) is 7.36. The summed E-state index contributed by atoms with van der Waals surface area (Å²) >= 11 is 0. The van der Waals surface area contributed by atoms with Crippen molar-refractivity contribution in [3.05, 3.63) is 18.2 Å². The minimum atomic E-state index is -0.330. The van der Waals surface area contributed by atoms with Crippen molar-refractivity contribution in [2.24, 2.45) is 17.1 Å². The molecule has 0 aromatic carbocycles. The standard InChI is InChI=1S/C17H27N5O2/c1-13-19-6-8-22(13)12-17(4-5-17)11-20-16(24)14-3-2-7-21(9-14)10-15(18)23/h6,8,14H,2-5,7,9-12H2,1H3,(H2,18,23)(H,20,24). The van der Waals surface area contributed by atoms with Crippen molar-refractivity contribution in [2.45, 2.75) is 39.2 Å². The van der Waals surface area contributed by atoms with Crippen LogP contribution in [0.3, 0.4) is 0 Å². The van der Waals surface area contributed by atoms with Crippen LogP contribution in [-0.2, 0) is 16.1 Å². The smallest absolute Gasteiger partial charge is 0.231 e. The number of amides is 2. The third kappa shape index (κ3) is 4.14. The number of carbonyl (C=O) groups excluding carboxylic acids is 2. The van der Waals surface area contributed by atoms with Gasteiger partial charge in [0.25, 0.3) is 0 Å². The fourth-order valence-corrected chi connectivity index (χ4v) is 3.55. The number of aromatic nitrogens is 2. The van der Waals surface area contributed by atoms with E-state index >= 15 is 0 Å². The lowest BCUT2D eigenvalue weighted by atomic mass is 9.96. The monoisotopic (exact) mass is 333 g/mol. The van der Waals surface area contributed by atoms with Crippen LogP contribution < -0.4 is 11.1 Å². The highest BCUT2D eigenvalue weighted by atomic mass is 16.2. The normalized spacial score (nSPS) is 23.0. The molecule has 2 aliphatic rings. The van der Waals surface area contributed by atoms with Gasteiger partial charge in [0.05, 0.1) is 12.5 Å². The lowest BCUT2D eigenvalue weighted by molar-refractivity contribution is -0.128. The Kier molecular flexibility index (Phi) is 4.89. The number of primary amides is 1. The van der Waals surface area contributed by atoms with Gasteiger partial charge in [0, 0.05) is 37.4 Å². The summed E-state index contributed by atoms with van der Waals surface area (Å²) in [5, 5.41) is 3.15. The summed E-state index contributed by atoms with van der Waals surface area (Å²) in [6.45, 7) is 5.35. The largest absolute Gasteiger partial charge is 0.369 e. The molecule has 1 aromatic heterocycles. The van der Waals surface area contributed by atoms with Crippen LogP contribution in [0.25, 0.3) is 0 Å². The Morgan fingerprint density at radius 2 is 2.25 bits per heavy atom. The molecular formula is C17H27N5O2. The molecule has 1 saturated heterocycles. The minimum absolute atomic E-state index is 0.0381. The van der Waals surface area contributed by atoms with E-state index in [0.29, 0.717) is 6.54 Å². The van der Waals surface area contributed by atoms with E-state index in [4.69, 9.17) is 5.73 Å². The van der Waals surface area contributed by atoms with Crippen LogP contribution in [0.15, 0.2) is 12.4 Å². The third-order valence-corrected chi connectivity index (χ3v) is 5.28. The summed E-state index contributed by atoms with van der Waals surface area (Å²) in [6.07, 6.45) is 7.92. The summed E-state index contributed by atoms with van der Waals surface area (Å²) in [6, 6.07) is 0. The van der Waals surface area contributed by atoms with Crippen LogP contribution in [0.5, 0.6) is 0 Å². The van der Waals surface area contributed by atoms with Crippen molar-refractivity contribution < 1.29 is 9.59 Å². The van der Waals surface area contributed by atoms with Gasteiger partial charge in [0.2, 0.25) is 11.8 Å². The zero-order valence-corrected chi connectivity index (χ0v) is 14.3. The van der Waals surface area contributed by atoms with E-state index < -0.39 is 0 Å². The molecule has 2 heterocycles. The molecule has 1 atom stereocenters. The number of nitrogens with zero attached hydrogens (tertiary/aromatic N) is 3. The van der Waals surface area contributed by atoms with Crippen molar-refractivity contribution in [2.75, 3.05) is 26.2 Å². The van der Waals surface area contributed by atoms with E-state index in [1.807, 2.05) is 24.2 Å². The lowest BCUT2D eigenvalue weighted by Gasteiger charge is -2.31. The summed E-state index contributed by atoms with van der Waals surface area (Å²) < 4.78 is 2.16. The number of imidazole rings is 1. The maximum Gasteiger partial charge on any atom is 0.231 e. The molecule has 1 aromatic rings. The van der Waals surface area contributed by atoms with Crippen LogP contribution in [0.1, 0.15) is 31.5 Å². The van der Waals surface area contributed by atoms with Crippen molar-refractivity contribution >= 4 is 11.8 Å². The maximum atomic E-state index is 12.5. The van der Waals surface area contributed by atoms with Crippen molar-refractivity contribution in [1.82, 2.24) is 19.8 Å². The molecule has 7 heteroatoms. The van der Waals surface area contributed by atoms with Crippen molar-refractivity contribution in [3.63, 3.8) is 0 Å². The highest BCUT2D eigenvalue weighted by Gasteiger charge is 2.43. The quantitative estimate of drug-likeness (QED) is 0.750. The molecule has 24 heavy (non-hydrogen) atoms. The van der Waals surface area contributed by atoms with Gasteiger partial charge < -0.3 is 15.6 Å². The van der Waals surface area contributed by atoms with Gasteiger partial charge in [-0.3, -0.25) is 14.5 Å². The fraction of sp³-hybridized carbons (Fsp3) is 0.706. The molecule has 0 spiro atoms. The molecule has 1 unspecified atom stereocenters. The first-order chi connectivity index (χ1) is 11.5. The van der Waals surface area contributed by atoms with Crippen LogP contribution in [0.4, 0.5) is 0 Å². The number of nitrogens with two attached hydrogens (primary N) is 1. The summed E-state index contributed by atoms with van der Waals surface area (Å²) in [5.74, 6) is 0.757. The van der Waals surface area contributed by atoms with Gasteiger partial charge in [-0.15, -0.1) is 0 Å². The number of likely N-dealkylation sites (tertiary alicyclic amines) is 1. The average molecular weight is 333 g/mol. The highest BCUT2D eigenvalue weighted by molar-refractivity contribution is 5.79. The zero-order chi connectivity index (χ0) is 17.2. The Balaban J connectivity index is 1.48. The molecule has 3 rings (SSSR count). The van der Waals surface area contributed by atoms with Gasteiger partial charge in [-0.1, -0.05) is 0 Å². The Morgan fingerprint density at radius 3 is 2.88 bits per heavy atom. The zero-order valence-electron chi connectivity index (χ0n) is 14.3. The van der Waals surface area contributed by atoms with Gasteiger partial charge in [0.15, 0.2) is 0 Å². The Bertz CT molecular complexity index is 608. The number of nitrogens with one attached hydrogen (secondary N) is 1. The van der Waals surface area contributed by atoms with Gasteiger partial charge in [-0.05, 0) is 39.2 Å². The average Bonchev–Trinajstić information content (AvgIpc) is 3.20. The van der Waals surface area contributed by atoms with Gasteiger partial charge in [-0.2, -0.15) is 0 Å². The molecule has 7 nitrogen and oxygen atoms in total. The van der Waals surface area contributed by atoms with E-state index in [1.54, 1.807) is 0 Å². The molecule has 1 aliphatic carbocycles. The molecule has 1 aliphatic heterocycles. The molecule has 132 valence electrons. The summed E-state index contributed by atoms with van der Waals surface area (Å²) in [4.78, 5) is 29.8. The minimum Gasteiger partial charge on any atom is -0.369 e. The SMILES string of the molecule is Cc1nccn1CC1(CNC(=O)C2CCCN(CC(N)=O)C2)CC1. The third-order valence-electron chi connectivity index (χ3n) is 5.28. The molecule has 3 N–H and O–H groups in total. The lowest BCUT2D eigenvalue weighted by Crippen LogP contribution is -2.46. The van der Waals surface area contributed by atoms with E-state index in [2.05, 4.69) is 14.9 Å². The molecule has 0 radical (unpaired) electrons. The van der Waals surface area contributed by atoms with Crippen LogP contribution in [0, 0.1) is 18.3 Å². The topological polar surface area (TPSA) is 93.2 Å². The molecular weight excluding hydrogens is 306 g/mol. The number of hydrogen-bond acceptors (Lipinski definition) is 4. The van der Waals surface area contributed by atoms with E-state index in [1.165, 1.54) is 0 Å². The molecule has 2 amide bonds. The van der Waals surface area contributed by atoms with Crippen molar-refractivity contribution in [3.8, 4) is 0 Å². The summed E-state index contributed by atoms with van der Waals surface area (Å²) in [7, 11) is 0. The van der Waals surface area contributed by atoms with Crippen LogP contribution in [0.2, 0.25) is 0 Å². The second kappa shape index (κ2) is 6.93. The maximum absolute atomic E-state index is 12.5. The summed E-state index contributed by atoms with van der Waals surface area (Å²) in [5.41, 5.74) is 5.44. The number of rotatable bonds is 7. The van der Waals surface area contributed by atoms with Crippen LogP contribution in [-0.4, -0.2) is 52.4 Å². The Hall–Kier alpha value is -1.89. The van der Waals surface area contributed by atoms with Gasteiger partial charge in [0.1, 0.15) is 5.82 Å². The number of aryl methyl sites for hydroxylation is 1. The fourth-order valence-electron chi connectivity index (χ4n) is 3.55. The van der Waals surface area contributed by atoms with E-state index in [0.717, 1.165) is 51.1 Å². The molecule has 0 bridgehead atoms. The van der Waals surface area contributed by atoms with Crippen molar-refractivity contribution in [1.29, 1.82) is 0 Å². The first kappa shape index (κ1) is 17.0. The number of hydrogen-bond donors (Lipinski definition) is 2. The predicted octanol–water partition coefficient (Wildman–Crippen LogP) is 0.285.